The molecule has 1 aliphatic rings. The number of hydrogen-bond acceptors (Lipinski definition) is 7. The van der Waals surface area contributed by atoms with Gasteiger partial charge in [0.1, 0.15) is 10.7 Å². The zero-order valence-electron chi connectivity index (χ0n) is 15.8. The van der Waals surface area contributed by atoms with Crippen LogP contribution in [0.1, 0.15) is 10.4 Å². The molecule has 2 aromatic carbocycles. The van der Waals surface area contributed by atoms with Gasteiger partial charge in [0.05, 0.1) is 15.5 Å². The van der Waals surface area contributed by atoms with Crippen molar-refractivity contribution >= 4 is 45.9 Å². The number of hydrogen-bond donors (Lipinski definition) is 2. The van der Waals surface area contributed by atoms with Crippen LogP contribution in [-0.2, 0) is 0 Å². The Labute approximate surface area is 181 Å². The second-order valence-electron chi connectivity index (χ2n) is 6.69. The van der Waals surface area contributed by atoms with Crippen LogP contribution in [0.5, 0.6) is 0 Å². The molecular weight excluding hydrogens is 426 g/mol. The number of benzene rings is 2. The molecule has 2 heterocycles. The van der Waals surface area contributed by atoms with Gasteiger partial charge in [0.25, 0.3) is 11.6 Å². The van der Waals surface area contributed by atoms with Crippen LogP contribution in [0.25, 0.3) is 10.6 Å². The number of anilines is 2. The Kier molecular flexibility index (Phi) is 5.93. The molecule has 0 spiro atoms. The van der Waals surface area contributed by atoms with Gasteiger partial charge in [-0.1, -0.05) is 23.7 Å². The van der Waals surface area contributed by atoms with Crippen molar-refractivity contribution in [2.45, 2.75) is 0 Å². The summed E-state index contributed by atoms with van der Waals surface area (Å²) in [4.78, 5) is 30.2. The largest absolute Gasteiger partial charge is 0.363 e. The minimum Gasteiger partial charge on any atom is -0.363 e. The predicted octanol–water partition coefficient (Wildman–Crippen LogP) is 4.03. The van der Waals surface area contributed by atoms with Gasteiger partial charge in [-0.3, -0.25) is 14.9 Å². The lowest BCUT2D eigenvalue weighted by Crippen LogP contribution is -2.43. The van der Waals surface area contributed by atoms with Gasteiger partial charge in [-0.05, 0) is 18.2 Å². The minimum absolute atomic E-state index is 0.0573. The van der Waals surface area contributed by atoms with E-state index in [-0.39, 0.29) is 16.3 Å². The summed E-state index contributed by atoms with van der Waals surface area (Å²) in [5.41, 5.74) is 1.77. The number of thiazole rings is 1. The number of amides is 1. The molecule has 0 unspecified atom stereocenters. The van der Waals surface area contributed by atoms with Crippen LogP contribution in [0.4, 0.5) is 17.1 Å². The second kappa shape index (κ2) is 8.78. The van der Waals surface area contributed by atoms with E-state index < -0.39 is 10.8 Å². The van der Waals surface area contributed by atoms with Gasteiger partial charge in [-0.2, -0.15) is 0 Å². The number of rotatable bonds is 5. The summed E-state index contributed by atoms with van der Waals surface area (Å²) in [5.74, 6) is -0.508. The number of carbonyl (C=O) groups is 1. The van der Waals surface area contributed by atoms with E-state index in [1.54, 1.807) is 18.3 Å². The first-order valence-electron chi connectivity index (χ1n) is 9.28. The number of halogens is 1. The number of nitro groups is 1. The Morgan fingerprint density at radius 2 is 2.07 bits per heavy atom. The van der Waals surface area contributed by atoms with E-state index in [0.717, 1.165) is 23.7 Å². The molecule has 8 nitrogen and oxygen atoms in total. The smallest absolute Gasteiger partial charge is 0.293 e. The summed E-state index contributed by atoms with van der Waals surface area (Å²) in [5, 5.41) is 20.5. The molecule has 154 valence electrons. The highest BCUT2D eigenvalue weighted by Crippen LogP contribution is 2.35. The van der Waals surface area contributed by atoms with Gasteiger partial charge < -0.3 is 15.5 Å². The highest BCUT2D eigenvalue weighted by molar-refractivity contribution is 7.13. The third-order valence-electron chi connectivity index (χ3n) is 4.76. The van der Waals surface area contributed by atoms with E-state index in [1.807, 2.05) is 22.4 Å². The van der Waals surface area contributed by atoms with Gasteiger partial charge in [0.2, 0.25) is 0 Å². The predicted molar refractivity (Wildman–Crippen MR) is 119 cm³/mol. The first-order chi connectivity index (χ1) is 14.5. The van der Waals surface area contributed by atoms with Crippen LogP contribution >= 0.6 is 22.9 Å². The Morgan fingerprint density at radius 3 is 2.77 bits per heavy atom. The molecular formula is C20H18ClN5O3S. The molecule has 2 N–H and O–H groups in total. The first kappa shape index (κ1) is 20.3. The molecule has 0 atom stereocenters. The van der Waals surface area contributed by atoms with Gasteiger partial charge in [0.15, 0.2) is 0 Å². The molecule has 4 rings (SSSR count). The Morgan fingerprint density at radius 1 is 1.27 bits per heavy atom. The number of nitrogens with one attached hydrogen (secondary N) is 2. The normalized spacial score (nSPS) is 13.8. The van der Waals surface area contributed by atoms with E-state index in [2.05, 4.69) is 15.6 Å². The highest BCUT2D eigenvalue weighted by atomic mass is 35.5. The van der Waals surface area contributed by atoms with E-state index >= 15 is 0 Å². The van der Waals surface area contributed by atoms with Crippen molar-refractivity contribution in [3.63, 3.8) is 0 Å². The third-order valence-corrected chi connectivity index (χ3v) is 5.90. The quantitative estimate of drug-likeness (QED) is 0.456. The average Bonchev–Trinajstić information content (AvgIpc) is 3.29. The van der Waals surface area contributed by atoms with Gasteiger partial charge in [-0.25, -0.2) is 4.98 Å². The summed E-state index contributed by atoms with van der Waals surface area (Å²) in [6, 6.07) is 10.0. The molecule has 1 aliphatic heterocycles. The van der Waals surface area contributed by atoms with E-state index in [9.17, 15) is 14.9 Å². The second-order valence-corrected chi connectivity index (χ2v) is 7.99. The topological polar surface area (TPSA) is 100 Å². The van der Waals surface area contributed by atoms with Crippen LogP contribution < -0.4 is 15.5 Å². The number of nitro benzene ring substituents is 1. The standard InChI is InChI=1S/C20H18ClN5O3S/c21-16-12-17(25-7-4-22-5-8-25)18(26(28)29)11-15(16)19(27)24-14-3-1-2-13(10-14)20-23-6-9-30-20/h1-3,6,9-12,22H,4-5,7-8H2,(H,24,27). The van der Waals surface area contributed by atoms with Crippen LogP contribution in [0.15, 0.2) is 48.0 Å². The Balaban J connectivity index is 1.62. The van der Waals surface area contributed by atoms with E-state index in [0.29, 0.717) is 24.5 Å². The number of piperazine rings is 1. The molecule has 1 fully saturated rings. The Bertz CT molecular complexity index is 1080. The van der Waals surface area contributed by atoms with Gasteiger partial charge in [0, 0.05) is 55.1 Å². The van der Waals surface area contributed by atoms with Crippen molar-refractivity contribution < 1.29 is 9.72 Å². The van der Waals surface area contributed by atoms with Crippen molar-refractivity contribution in [3.05, 3.63) is 68.7 Å². The number of aromatic nitrogens is 1. The van der Waals surface area contributed by atoms with Crippen LogP contribution in [0.2, 0.25) is 5.02 Å². The fourth-order valence-corrected chi connectivity index (χ4v) is 4.20. The molecule has 1 saturated heterocycles. The molecule has 1 amide bonds. The van der Waals surface area contributed by atoms with Crippen molar-refractivity contribution in [1.82, 2.24) is 10.3 Å². The number of carbonyl (C=O) groups excluding carboxylic acids is 1. The molecule has 30 heavy (non-hydrogen) atoms. The monoisotopic (exact) mass is 443 g/mol. The van der Waals surface area contributed by atoms with Gasteiger partial charge in [-0.15, -0.1) is 11.3 Å². The zero-order valence-corrected chi connectivity index (χ0v) is 17.4. The van der Waals surface area contributed by atoms with Crippen molar-refractivity contribution in [2.75, 3.05) is 36.4 Å². The van der Waals surface area contributed by atoms with Gasteiger partial charge >= 0.3 is 0 Å². The van der Waals surface area contributed by atoms with E-state index in [1.165, 1.54) is 23.5 Å². The molecule has 10 heteroatoms. The van der Waals surface area contributed by atoms with Crippen molar-refractivity contribution in [2.24, 2.45) is 0 Å². The summed E-state index contributed by atoms with van der Waals surface area (Å²) in [7, 11) is 0. The maximum absolute atomic E-state index is 12.8. The molecule has 0 radical (unpaired) electrons. The van der Waals surface area contributed by atoms with Crippen molar-refractivity contribution in [3.8, 4) is 10.6 Å². The van der Waals surface area contributed by atoms with Crippen LogP contribution in [0.3, 0.4) is 0 Å². The Hall–Kier alpha value is -3.01. The molecule has 0 aliphatic carbocycles. The first-order valence-corrected chi connectivity index (χ1v) is 10.5. The lowest BCUT2D eigenvalue weighted by atomic mass is 10.1. The lowest BCUT2D eigenvalue weighted by Gasteiger charge is -2.29. The summed E-state index contributed by atoms with van der Waals surface area (Å²) in [6.07, 6.45) is 1.71. The molecule has 3 aromatic rings. The molecule has 1 aromatic heterocycles. The summed E-state index contributed by atoms with van der Waals surface area (Å²) < 4.78 is 0. The fraction of sp³-hybridized carbons (Fsp3) is 0.200. The summed E-state index contributed by atoms with van der Waals surface area (Å²) >= 11 is 7.86. The third kappa shape index (κ3) is 4.28. The van der Waals surface area contributed by atoms with Crippen LogP contribution in [0, 0.1) is 10.1 Å². The maximum Gasteiger partial charge on any atom is 0.293 e. The maximum atomic E-state index is 12.8. The minimum atomic E-state index is -0.508. The zero-order chi connectivity index (χ0) is 21.1. The van der Waals surface area contributed by atoms with E-state index in [4.69, 9.17) is 11.6 Å². The summed E-state index contributed by atoms with van der Waals surface area (Å²) in [6.45, 7) is 2.72. The molecule has 0 saturated carbocycles. The van der Waals surface area contributed by atoms with Crippen molar-refractivity contribution in [1.29, 1.82) is 0 Å². The molecule has 0 bridgehead atoms. The number of nitrogens with zero attached hydrogens (tertiary/aromatic N) is 3. The van der Waals surface area contributed by atoms with Crippen LogP contribution in [-0.4, -0.2) is 42.0 Å². The SMILES string of the molecule is O=C(Nc1cccc(-c2nccs2)c1)c1cc([N+](=O)[O-])c(N2CCNCC2)cc1Cl. The average molecular weight is 444 g/mol. The fourth-order valence-electron chi connectivity index (χ4n) is 3.33. The highest BCUT2D eigenvalue weighted by Gasteiger charge is 2.25. The lowest BCUT2D eigenvalue weighted by molar-refractivity contribution is -0.384.